The van der Waals surface area contributed by atoms with Gasteiger partial charge in [0.1, 0.15) is 42.3 Å². The first kappa shape index (κ1) is 71.1. The van der Waals surface area contributed by atoms with E-state index in [-0.39, 0.29) is 95.3 Å². The molecule has 2 heterocycles. The van der Waals surface area contributed by atoms with Crippen molar-refractivity contribution < 1.29 is 53.1 Å². The number of hydrogen-bond acceptors (Lipinski definition) is 15. The lowest BCUT2D eigenvalue weighted by Crippen LogP contribution is -2.61. The molecule has 0 aliphatic carbocycles. The minimum absolute atomic E-state index is 0.00211. The Hall–Kier alpha value is -10.3. The lowest BCUT2D eigenvalue weighted by atomic mass is 9.96. The number of benzene rings is 2. The predicted octanol–water partition coefficient (Wildman–Crippen LogP) is -5.08. The minimum Gasteiger partial charge on any atom is -0.480 e. The van der Waals surface area contributed by atoms with Crippen LogP contribution in [-0.2, 0) is 67.2 Å². The number of nitrogens with two attached hydrogens (primary N) is 8. The van der Waals surface area contributed by atoms with Gasteiger partial charge in [-0.05, 0) is 61.6 Å². The Bertz CT molecular complexity index is 3110. The average molecular weight is 1240 g/mol. The lowest BCUT2D eigenvalue weighted by Gasteiger charge is -2.29. The number of carbonyl (C=O) groups is 10. The van der Waals surface area contributed by atoms with Crippen LogP contribution < -0.4 is 88.4 Å². The summed E-state index contributed by atoms with van der Waals surface area (Å²) < 4.78 is 0. The molecule has 2 aromatic heterocycles. The number of H-pyrrole nitrogens is 2. The second-order valence-corrected chi connectivity index (χ2v) is 21.0. The number of primary amides is 1. The van der Waals surface area contributed by atoms with Crippen molar-refractivity contribution in [2.45, 2.75) is 133 Å². The van der Waals surface area contributed by atoms with Gasteiger partial charge in [-0.1, -0.05) is 68.8 Å². The molecule has 0 saturated heterocycles. The van der Waals surface area contributed by atoms with E-state index >= 15 is 0 Å². The number of aliphatic imine (C=N–C) groups is 3. The summed E-state index contributed by atoms with van der Waals surface area (Å²) in [4.78, 5) is 159. The number of nitrogens with zero attached hydrogens (tertiary/aromatic N) is 4. The second kappa shape index (κ2) is 36.6. The Balaban J connectivity index is 1.53. The highest BCUT2D eigenvalue weighted by Gasteiger charge is 2.36. The number of amides is 9. The van der Waals surface area contributed by atoms with Crippen LogP contribution in [0.4, 0.5) is 0 Å². The van der Waals surface area contributed by atoms with E-state index in [4.69, 9.17) is 45.9 Å². The molecule has 2 aromatic carbocycles. The zero-order valence-corrected chi connectivity index (χ0v) is 49.7. The number of nitrogens with one attached hydrogen (secondary N) is 10. The fraction of sp³-hybridized carbons (Fsp3) is 0.464. The fourth-order valence-corrected chi connectivity index (χ4v) is 9.06. The third kappa shape index (κ3) is 25.3. The first-order chi connectivity index (χ1) is 42.3. The molecule has 0 saturated carbocycles. The maximum atomic E-state index is 14.4. The molecule has 0 bridgehead atoms. The van der Waals surface area contributed by atoms with E-state index in [0.29, 0.717) is 23.2 Å². The molecule has 27 N–H and O–H groups in total. The molecule has 4 aromatic rings. The number of aliphatic carboxylic acids is 1. The SMILES string of the molecule is CC[C@H](C)[C@H](NC(=O)[C@H](CC(N)=O)NC(=O)[C@H](Cc1cnc[nH]1)NC(=O)[C@H](Cc1ccccc1)NC(=O)[C@@H](N)CCCN=C(N)N)C(=O)N[C@@H](CCCN=C(N)N)C(=O)NCC(=O)N[C@@H](CCCN=C(N)N)C(=O)N[C@@H](Cc1c[nH]c2ccccc12)C(=O)O. The zero-order chi connectivity index (χ0) is 65.6. The molecular formula is C56H84N22O11. The predicted molar refractivity (Wildman–Crippen MR) is 330 cm³/mol. The number of carboxylic acids is 1. The fourth-order valence-electron chi connectivity index (χ4n) is 9.06. The maximum absolute atomic E-state index is 14.4. The van der Waals surface area contributed by atoms with Gasteiger partial charge in [0.2, 0.25) is 53.2 Å². The summed E-state index contributed by atoms with van der Waals surface area (Å²) in [6, 6.07) is 4.53. The summed E-state index contributed by atoms with van der Waals surface area (Å²) in [5, 5.41) is 31.3. The van der Waals surface area contributed by atoms with Crippen molar-refractivity contribution in [1.82, 2.24) is 57.5 Å². The van der Waals surface area contributed by atoms with Gasteiger partial charge < -0.3 is 103 Å². The number of hydrogen-bond donors (Lipinski definition) is 19. The van der Waals surface area contributed by atoms with Crippen molar-refractivity contribution in [3.63, 3.8) is 0 Å². The van der Waals surface area contributed by atoms with Crippen LogP contribution in [0.3, 0.4) is 0 Å². The van der Waals surface area contributed by atoms with Crippen molar-refractivity contribution in [2.24, 2.45) is 66.8 Å². The quantitative estimate of drug-likeness (QED) is 0.0113. The van der Waals surface area contributed by atoms with Gasteiger partial charge in [0.25, 0.3) is 0 Å². The Labute approximate surface area is 512 Å². The number of carboxylic acid groups (broad SMARTS) is 1. The lowest BCUT2D eigenvalue weighted by molar-refractivity contribution is -0.142. The van der Waals surface area contributed by atoms with Gasteiger partial charge in [-0.25, -0.2) is 9.78 Å². The number of fused-ring (bicyclic) bond motifs is 1. The van der Waals surface area contributed by atoms with Crippen molar-refractivity contribution in [1.29, 1.82) is 0 Å². The van der Waals surface area contributed by atoms with Crippen LogP contribution in [0.15, 0.2) is 88.3 Å². The highest BCUT2D eigenvalue weighted by Crippen LogP contribution is 2.20. The van der Waals surface area contributed by atoms with E-state index in [1.165, 1.54) is 12.5 Å². The highest BCUT2D eigenvalue weighted by molar-refractivity contribution is 5.99. The molecule has 33 nitrogen and oxygen atoms in total. The van der Waals surface area contributed by atoms with E-state index in [1.54, 1.807) is 68.6 Å². The Morgan fingerprint density at radius 3 is 1.65 bits per heavy atom. The molecule has 0 radical (unpaired) electrons. The standard InChI is InChI=1S/C56H84N22O11/c1-3-30(2)45(78-51(86)41(25-43(58)79)76-50(85)40(24-33-27-65-29-71-33)75-49(84)39(22-31-12-5-4-6-13-31)74-46(81)35(57)15-9-19-66-54(59)60)52(87)73-37(17-10-20-67-55(61)62)47(82)70-28-44(80)72-38(18-11-21-68-56(63)64)48(83)77-42(53(88)89)23-32-26-69-36-16-8-7-14-34(32)36/h4-8,12-14,16,26-27,29-30,35,37-42,45,69H,3,9-11,15,17-25,28,57H2,1-2H3,(H2,58,79)(H,65,71)(H,70,82)(H,72,80)(H,73,87)(H,74,81)(H,75,84)(H,76,85)(H,77,83)(H,78,86)(H,88,89)(H4,59,60,66)(H4,61,62,67)(H4,63,64,68)/t30-,35-,37-,38-,39-,40-,41-,42-,45-/m0/s1. The normalized spacial score (nSPS) is 14.0. The van der Waals surface area contributed by atoms with Crippen LogP contribution in [0, 0.1) is 5.92 Å². The molecule has 89 heavy (non-hydrogen) atoms. The molecular weight excluding hydrogens is 1160 g/mol. The maximum Gasteiger partial charge on any atom is 0.326 e. The van der Waals surface area contributed by atoms with E-state index in [0.717, 1.165) is 10.9 Å². The van der Waals surface area contributed by atoms with Gasteiger partial charge in [0.05, 0.1) is 25.3 Å². The molecule has 0 unspecified atom stereocenters. The van der Waals surface area contributed by atoms with Gasteiger partial charge >= 0.3 is 5.97 Å². The number of para-hydroxylation sites is 1. The largest absolute Gasteiger partial charge is 0.480 e. The van der Waals surface area contributed by atoms with Crippen LogP contribution >= 0.6 is 0 Å². The number of guanidine groups is 3. The van der Waals surface area contributed by atoms with Crippen LogP contribution in [-0.4, -0.2) is 172 Å². The monoisotopic (exact) mass is 1240 g/mol. The summed E-state index contributed by atoms with van der Waals surface area (Å²) in [6.45, 7) is 2.80. The van der Waals surface area contributed by atoms with Gasteiger partial charge in [-0.15, -0.1) is 0 Å². The summed E-state index contributed by atoms with van der Waals surface area (Å²) in [5.74, 6) is -10.8. The van der Waals surface area contributed by atoms with E-state index < -0.39 is 126 Å². The third-order valence-electron chi connectivity index (χ3n) is 14.0. The van der Waals surface area contributed by atoms with E-state index in [1.807, 2.05) is 6.07 Å². The van der Waals surface area contributed by atoms with Crippen LogP contribution in [0.5, 0.6) is 0 Å². The summed E-state index contributed by atoms with van der Waals surface area (Å²) in [5.41, 5.74) is 46.9. The third-order valence-corrected chi connectivity index (χ3v) is 14.0. The Morgan fingerprint density at radius 2 is 1.08 bits per heavy atom. The van der Waals surface area contributed by atoms with Crippen molar-refractivity contribution in [2.75, 3.05) is 26.2 Å². The molecule has 484 valence electrons. The number of rotatable bonds is 39. The molecule has 0 aliphatic heterocycles. The van der Waals surface area contributed by atoms with Crippen LogP contribution in [0.1, 0.15) is 82.0 Å². The van der Waals surface area contributed by atoms with Gasteiger partial charge in [-0.2, -0.15) is 0 Å². The Morgan fingerprint density at radius 1 is 0.562 bits per heavy atom. The summed E-state index contributed by atoms with van der Waals surface area (Å²) >= 11 is 0. The number of aromatic nitrogens is 3. The van der Waals surface area contributed by atoms with Gasteiger partial charge in [0.15, 0.2) is 17.9 Å². The van der Waals surface area contributed by atoms with E-state index in [2.05, 4.69) is 72.5 Å². The molecule has 0 spiro atoms. The zero-order valence-electron chi connectivity index (χ0n) is 49.7. The number of imidazole rings is 1. The minimum atomic E-state index is -1.76. The molecule has 4 rings (SSSR count). The smallest absolute Gasteiger partial charge is 0.326 e. The first-order valence-electron chi connectivity index (χ1n) is 28.7. The molecule has 9 atom stereocenters. The Kier molecular flexibility index (Phi) is 29.3. The number of carbonyl (C=O) groups excluding carboxylic acids is 9. The molecule has 0 fully saturated rings. The second-order valence-electron chi connectivity index (χ2n) is 21.0. The van der Waals surface area contributed by atoms with Crippen LogP contribution in [0.2, 0.25) is 0 Å². The van der Waals surface area contributed by atoms with Crippen molar-refractivity contribution in [3.05, 3.63) is 90.1 Å². The van der Waals surface area contributed by atoms with Gasteiger partial charge in [-0.3, -0.25) is 58.1 Å². The van der Waals surface area contributed by atoms with E-state index in [9.17, 15) is 53.1 Å². The summed E-state index contributed by atoms with van der Waals surface area (Å²) in [7, 11) is 0. The molecule has 0 aliphatic rings. The molecule has 33 heteroatoms. The topological polar surface area (TPSA) is 577 Å². The first-order valence-corrected chi connectivity index (χ1v) is 28.7. The summed E-state index contributed by atoms with van der Waals surface area (Å²) in [6.07, 6.45) is 3.93. The van der Waals surface area contributed by atoms with Gasteiger partial charge in [0, 0.05) is 67.9 Å². The molecule has 9 amide bonds. The number of aromatic amines is 2. The van der Waals surface area contributed by atoms with Crippen molar-refractivity contribution >= 4 is 87.9 Å². The average Bonchev–Trinajstić information content (AvgIpc) is 2.48. The highest BCUT2D eigenvalue weighted by atomic mass is 16.4. The van der Waals surface area contributed by atoms with Crippen LogP contribution in [0.25, 0.3) is 10.9 Å². The van der Waals surface area contributed by atoms with Crippen molar-refractivity contribution in [3.8, 4) is 0 Å².